The zero-order chi connectivity index (χ0) is 26.9. The van der Waals surface area contributed by atoms with E-state index in [2.05, 4.69) is 45.5 Å². The molecule has 1 fully saturated rings. The summed E-state index contributed by atoms with van der Waals surface area (Å²) in [6.45, 7) is 5.59. The number of carbonyl (C=O) groups excluding carboxylic acids is 1. The van der Waals surface area contributed by atoms with Gasteiger partial charge in [-0.25, -0.2) is 0 Å². The molecule has 5 nitrogen and oxygen atoms in total. The number of pyridine rings is 1. The standard InChI is InChI=1S/C33H34ClN3O2/c34-30-9-13-33(28-5-1-3-27(19-28)23-37-17-15-35-16-18-37)29(21-30)24-39-32-11-7-25(8-12-32)20-31(38)10-6-26-4-2-14-36-22-26/h1-5,7-9,11-14,19,21-22,35H,6,10,15-18,20,23-24H2. The molecule has 0 radical (unpaired) electrons. The maximum absolute atomic E-state index is 12.5. The van der Waals surface area contributed by atoms with E-state index in [9.17, 15) is 4.79 Å². The van der Waals surface area contributed by atoms with Crippen molar-refractivity contribution in [3.8, 4) is 16.9 Å². The Hall–Kier alpha value is -3.51. The van der Waals surface area contributed by atoms with Crippen LogP contribution < -0.4 is 10.1 Å². The Morgan fingerprint density at radius 2 is 1.74 bits per heavy atom. The van der Waals surface area contributed by atoms with Crippen LogP contribution in [-0.2, 0) is 30.8 Å². The Labute approximate surface area is 235 Å². The number of hydrogen-bond donors (Lipinski definition) is 1. The molecule has 0 bridgehead atoms. The third kappa shape index (κ3) is 7.99. The number of Topliss-reactive ketones (excluding diaryl/α,β-unsaturated/α-hetero) is 1. The van der Waals surface area contributed by atoms with Gasteiger partial charge in [-0.15, -0.1) is 0 Å². The van der Waals surface area contributed by atoms with E-state index in [0.717, 1.165) is 66.3 Å². The van der Waals surface area contributed by atoms with Crippen LogP contribution in [0, 0.1) is 0 Å². The van der Waals surface area contributed by atoms with Crippen molar-refractivity contribution in [3.63, 3.8) is 0 Å². The second-order valence-electron chi connectivity index (χ2n) is 10.0. The molecule has 0 spiro atoms. The van der Waals surface area contributed by atoms with Gasteiger partial charge in [0.05, 0.1) is 0 Å². The van der Waals surface area contributed by atoms with Crippen molar-refractivity contribution < 1.29 is 9.53 Å². The number of aryl methyl sites for hydroxylation is 1. The highest BCUT2D eigenvalue weighted by molar-refractivity contribution is 6.30. The first kappa shape index (κ1) is 27.1. The molecule has 3 aromatic carbocycles. The fourth-order valence-electron chi connectivity index (χ4n) is 4.94. The first-order valence-corrected chi connectivity index (χ1v) is 13.9. The van der Waals surface area contributed by atoms with Crippen LogP contribution in [0.4, 0.5) is 0 Å². The van der Waals surface area contributed by atoms with Gasteiger partial charge in [-0.3, -0.25) is 14.7 Å². The minimum atomic E-state index is 0.218. The summed E-state index contributed by atoms with van der Waals surface area (Å²) in [5.74, 6) is 0.982. The van der Waals surface area contributed by atoms with Gasteiger partial charge in [0.2, 0.25) is 0 Å². The van der Waals surface area contributed by atoms with Gasteiger partial charge in [-0.1, -0.05) is 54.1 Å². The van der Waals surface area contributed by atoms with Gasteiger partial charge in [0.1, 0.15) is 18.1 Å². The zero-order valence-corrected chi connectivity index (χ0v) is 22.9. The van der Waals surface area contributed by atoms with Crippen LogP contribution >= 0.6 is 11.6 Å². The molecule has 4 aromatic rings. The van der Waals surface area contributed by atoms with Crippen molar-refractivity contribution in [3.05, 3.63) is 119 Å². The van der Waals surface area contributed by atoms with E-state index in [4.69, 9.17) is 16.3 Å². The zero-order valence-electron chi connectivity index (χ0n) is 22.1. The number of carbonyl (C=O) groups is 1. The van der Waals surface area contributed by atoms with Crippen LogP contribution in [0.1, 0.15) is 28.7 Å². The Morgan fingerprint density at radius 1 is 0.923 bits per heavy atom. The molecule has 0 atom stereocenters. The summed E-state index contributed by atoms with van der Waals surface area (Å²) in [6, 6.07) is 26.4. The lowest BCUT2D eigenvalue weighted by Crippen LogP contribution is -2.42. The topological polar surface area (TPSA) is 54.5 Å². The summed E-state index contributed by atoms with van der Waals surface area (Å²) in [7, 11) is 0. The minimum Gasteiger partial charge on any atom is -0.489 e. The summed E-state index contributed by atoms with van der Waals surface area (Å²) >= 11 is 6.38. The van der Waals surface area contributed by atoms with Crippen LogP contribution in [0.3, 0.4) is 0 Å². The van der Waals surface area contributed by atoms with Crippen molar-refractivity contribution in [1.82, 2.24) is 15.2 Å². The van der Waals surface area contributed by atoms with Crippen LogP contribution in [-0.4, -0.2) is 41.8 Å². The third-order valence-electron chi connectivity index (χ3n) is 7.06. The Kier molecular flexibility index (Phi) is 9.38. The number of hydrogen-bond acceptors (Lipinski definition) is 5. The first-order valence-electron chi connectivity index (χ1n) is 13.6. The molecule has 200 valence electrons. The minimum absolute atomic E-state index is 0.218. The molecular weight excluding hydrogens is 506 g/mol. The number of ether oxygens (including phenoxy) is 1. The van der Waals surface area contributed by atoms with Gasteiger partial charge >= 0.3 is 0 Å². The second kappa shape index (κ2) is 13.5. The highest BCUT2D eigenvalue weighted by Gasteiger charge is 2.12. The number of halogens is 1. The molecule has 0 saturated carbocycles. The molecule has 0 unspecified atom stereocenters. The highest BCUT2D eigenvalue weighted by Crippen LogP contribution is 2.29. The van der Waals surface area contributed by atoms with Crippen molar-refractivity contribution in [2.75, 3.05) is 26.2 Å². The van der Waals surface area contributed by atoms with Crippen LogP contribution in [0.2, 0.25) is 5.02 Å². The van der Waals surface area contributed by atoms with Gasteiger partial charge in [-0.2, -0.15) is 0 Å². The lowest BCUT2D eigenvalue weighted by Gasteiger charge is -2.27. The molecule has 5 rings (SSSR count). The summed E-state index contributed by atoms with van der Waals surface area (Å²) < 4.78 is 6.16. The van der Waals surface area contributed by atoms with Crippen molar-refractivity contribution in [1.29, 1.82) is 0 Å². The maximum Gasteiger partial charge on any atom is 0.137 e. The lowest BCUT2D eigenvalue weighted by atomic mass is 9.98. The van der Waals surface area contributed by atoms with Crippen molar-refractivity contribution in [2.45, 2.75) is 32.4 Å². The van der Waals surface area contributed by atoms with Gasteiger partial charge in [-0.05, 0) is 76.2 Å². The van der Waals surface area contributed by atoms with E-state index in [1.807, 2.05) is 54.7 Å². The molecule has 0 aliphatic carbocycles. The van der Waals surface area contributed by atoms with E-state index in [0.29, 0.717) is 30.9 Å². The van der Waals surface area contributed by atoms with E-state index in [1.165, 1.54) is 5.56 Å². The normalized spacial score (nSPS) is 13.8. The largest absolute Gasteiger partial charge is 0.489 e. The molecule has 39 heavy (non-hydrogen) atoms. The summed E-state index contributed by atoms with van der Waals surface area (Å²) in [5.41, 5.74) is 6.71. The van der Waals surface area contributed by atoms with Crippen molar-refractivity contribution in [2.24, 2.45) is 0 Å². The van der Waals surface area contributed by atoms with Gasteiger partial charge < -0.3 is 10.1 Å². The molecule has 6 heteroatoms. The average molecular weight is 540 g/mol. The SMILES string of the molecule is O=C(CCc1cccnc1)Cc1ccc(OCc2cc(Cl)ccc2-c2cccc(CN3CCNCC3)c2)cc1. The number of nitrogens with one attached hydrogen (secondary N) is 1. The predicted molar refractivity (Wildman–Crippen MR) is 157 cm³/mol. The van der Waals surface area contributed by atoms with E-state index >= 15 is 0 Å². The van der Waals surface area contributed by atoms with E-state index < -0.39 is 0 Å². The number of benzene rings is 3. The van der Waals surface area contributed by atoms with Crippen LogP contribution in [0.5, 0.6) is 5.75 Å². The van der Waals surface area contributed by atoms with Crippen molar-refractivity contribution >= 4 is 17.4 Å². The maximum atomic E-state index is 12.5. The number of rotatable bonds is 11. The van der Waals surface area contributed by atoms with Gasteiger partial charge in [0, 0.05) is 63.0 Å². The fourth-order valence-corrected chi connectivity index (χ4v) is 5.13. The molecular formula is C33H34ClN3O2. The molecule has 1 aliphatic rings. The van der Waals surface area contributed by atoms with Gasteiger partial charge in [0.15, 0.2) is 0 Å². The number of nitrogens with zero attached hydrogens (tertiary/aromatic N) is 2. The van der Waals surface area contributed by atoms with E-state index in [1.54, 1.807) is 6.20 Å². The number of aromatic nitrogens is 1. The number of ketones is 1. The quantitative estimate of drug-likeness (QED) is 0.248. The second-order valence-corrected chi connectivity index (χ2v) is 10.5. The third-order valence-corrected chi connectivity index (χ3v) is 7.29. The Balaban J connectivity index is 1.20. The smallest absolute Gasteiger partial charge is 0.137 e. The molecule has 1 aromatic heterocycles. The summed E-state index contributed by atoms with van der Waals surface area (Å²) in [5, 5.41) is 4.10. The predicted octanol–water partition coefficient (Wildman–Crippen LogP) is 6.13. The molecule has 2 heterocycles. The molecule has 0 amide bonds. The average Bonchev–Trinajstić information content (AvgIpc) is 2.97. The Morgan fingerprint density at radius 3 is 2.54 bits per heavy atom. The molecule has 1 N–H and O–H groups in total. The van der Waals surface area contributed by atoms with Crippen LogP contribution in [0.25, 0.3) is 11.1 Å². The monoisotopic (exact) mass is 539 g/mol. The lowest BCUT2D eigenvalue weighted by molar-refractivity contribution is -0.118. The Bertz CT molecular complexity index is 1370. The number of piperazine rings is 1. The summed E-state index contributed by atoms with van der Waals surface area (Å²) in [4.78, 5) is 19.0. The van der Waals surface area contributed by atoms with E-state index in [-0.39, 0.29) is 5.78 Å². The molecule has 1 aliphatic heterocycles. The fraction of sp³-hybridized carbons (Fsp3) is 0.273. The summed E-state index contributed by atoms with van der Waals surface area (Å²) in [6.07, 6.45) is 5.21. The first-order chi connectivity index (χ1) is 19.1. The molecule has 1 saturated heterocycles. The van der Waals surface area contributed by atoms with Crippen LogP contribution in [0.15, 0.2) is 91.3 Å². The highest BCUT2D eigenvalue weighted by atomic mass is 35.5. The van der Waals surface area contributed by atoms with Gasteiger partial charge in [0.25, 0.3) is 0 Å².